The second-order valence-corrected chi connectivity index (χ2v) is 9.18. The first-order chi connectivity index (χ1) is 12.4. The number of rotatable bonds is 4. The zero-order chi connectivity index (χ0) is 18.8. The first-order valence-corrected chi connectivity index (χ1v) is 10.8. The van der Waals surface area contributed by atoms with Crippen LogP contribution in [0.15, 0.2) is 41.3 Å². The molecule has 0 unspecified atom stereocenters. The van der Waals surface area contributed by atoms with Crippen LogP contribution in [0.1, 0.15) is 11.1 Å². The van der Waals surface area contributed by atoms with Crippen molar-refractivity contribution in [3.63, 3.8) is 0 Å². The summed E-state index contributed by atoms with van der Waals surface area (Å²) < 4.78 is 7.42. The molecule has 0 radical (unpaired) electrons. The predicted molar refractivity (Wildman–Crippen MR) is 121 cm³/mol. The number of amides is 2. The molecule has 8 heteroatoms. The van der Waals surface area contributed by atoms with Gasteiger partial charge < -0.3 is 4.74 Å². The first-order valence-electron chi connectivity index (χ1n) is 7.42. The maximum absolute atomic E-state index is 12.7. The SMILES string of the molecule is COc1c(I)cc(I)cc1/C=C1/SC(=O)N(Cc2ccccc2Cl)C1=O. The lowest BCUT2D eigenvalue weighted by Crippen LogP contribution is -2.27. The average Bonchev–Trinajstić information content (AvgIpc) is 2.84. The van der Waals surface area contributed by atoms with Gasteiger partial charge in [0.15, 0.2) is 0 Å². The number of thioether (sulfide) groups is 1. The van der Waals surface area contributed by atoms with Crippen LogP contribution in [0.5, 0.6) is 5.75 Å². The minimum Gasteiger partial charge on any atom is -0.495 e. The molecule has 2 amide bonds. The highest BCUT2D eigenvalue weighted by molar-refractivity contribution is 14.1. The fourth-order valence-corrected chi connectivity index (χ4v) is 5.61. The third-order valence-electron chi connectivity index (χ3n) is 3.69. The van der Waals surface area contributed by atoms with Crippen molar-refractivity contribution in [3.05, 3.63) is 64.6 Å². The Kier molecular flexibility index (Phi) is 6.52. The van der Waals surface area contributed by atoms with Crippen molar-refractivity contribution >= 4 is 85.8 Å². The predicted octanol–water partition coefficient (Wildman–Crippen LogP) is 5.79. The number of carbonyl (C=O) groups is 2. The highest BCUT2D eigenvalue weighted by Gasteiger charge is 2.35. The molecule has 1 heterocycles. The molecule has 0 spiro atoms. The Labute approximate surface area is 187 Å². The number of halogens is 3. The van der Waals surface area contributed by atoms with Crippen molar-refractivity contribution in [1.29, 1.82) is 0 Å². The number of ether oxygens (including phenoxy) is 1. The number of benzene rings is 2. The van der Waals surface area contributed by atoms with Gasteiger partial charge in [0.2, 0.25) is 0 Å². The lowest BCUT2D eigenvalue weighted by molar-refractivity contribution is -0.123. The first kappa shape index (κ1) is 20.0. The summed E-state index contributed by atoms with van der Waals surface area (Å²) >= 11 is 11.5. The summed E-state index contributed by atoms with van der Waals surface area (Å²) in [5, 5.41) is 0.227. The van der Waals surface area contributed by atoms with Crippen LogP contribution in [-0.4, -0.2) is 23.2 Å². The topological polar surface area (TPSA) is 46.6 Å². The molecule has 0 atom stereocenters. The molecule has 134 valence electrons. The molecule has 26 heavy (non-hydrogen) atoms. The molecule has 4 nitrogen and oxygen atoms in total. The normalized spacial score (nSPS) is 15.8. The Bertz CT molecular complexity index is 933. The largest absolute Gasteiger partial charge is 0.495 e. The van der Waals surface area contributed by atoms with Crippen LogP contribution in [0.3, 0.4) is 0 Å². The Morgan fingerprint density at radius 1 is 1.23 bits per heavy atom. The maximum Gasteiger partial charge on any atom is 0.293 e. The van der Waals surface area contributed by atoms with Crippen molar-refractivity contribution in [2.75, 3.05) is 7.11 Å². The zero-order valence-electron chi connectivity index (χ0n) is 13.5. The highest BCUT2D eigenvalue weighted by Crippen LogP contribution is 2.37. The van der Waals surface area contributed by atoms with E-state index in [1.165, 1.54) is 4.90 Å². The third kappa shape index (κ3) is 4.20. The van der Waals surface area contributed by atoms with Gasteiger partial charge in [-0.25, -0.2) is 0 Å². The van der Waals surface area contributed by atoms with E-state index >= 15 is 0 Å². The lowest BCUT2D eigenvalue weighted by Gasteiger charge is -2.13. The van der Waals surface area contributed by atoms with Crippen molar-refractivity contribution in [3.8, 4) is 5.75 Å². The minimum atomic E-state index is -0.323. The fourth-order valence-electron chi connectivity index (χ4n) is 2.48. The molecule has 1 aliphatic heterocycles. The maximum atomic E-state index is 12.7. The monoisotopic (exact) mass is 611 g/mol. The molecule has 0 bridgehead atoms. The average molecular weight is 612 g/mol. The Hall–Kier alpha value is -0.780. The standard InChI is InChI=1S/C18H12ClI2NO3S/c1-25-16-11(6-12(20)8-14(16)21)7-15-17(23)22(18(24)26-15)9-10-4-2-3-5-13(10)19/h2-8H,9H2,1H3/b15-7+. The van der Waals surface area contributed by atoms with Gasteiger partial charge in [-0.2, -0.15) is 0 Å². The summed E-state index contributed by atoms with van der Waals surface area (Å²) in [4.78, 5) is 26.7. The van der Waals surface area contributed by atoms with Gasteiger partial charge in [-0.05, 0) is 86.8 Å². The highest BCUT2D eigenvalue weighted by atomic mass is 127. The molecular formula is C18H12ClI2NO3S. The summed E-state index contributed by atoms with van der Waals surface area (Å²) in [6.45, 7) is 0.155. The van der Waals surface area contributed by atoms with E-state index in [2.05, 4.69) is 45.2 Å². The van der Waals surface area contributed by atoms with E-state index in [1.807, 2.05) is 24.3 Å². The van der Waals surface area contributed by atoms with Gasteiger partial charge in [0.1, 0.15) is 5.75 Å². The van der Waals surface area contributed by atoms with Gasteiger partial charge in [-0.15, -0.1) is 0 Å². The number of methoxy groups -OCH3 is 1. The molecular weight excluding hydrogens is 600 g/mol. The lowest BCUT2D eigenvalue weighted by atomic mass is 10.1. The molecule has 2 aromatic carbocycles. The van der Waals surface area contributed by atoms with Gasteiger partial charge in [-0.1, -0.05) is 29.8 Å². The van der Waals surface area contributed by atoms with Gasteiger partial charge in [0.05, 0.1) is 22.1 Å². The van der Waals surface area contributed by atoms with Gasteiger partial charge in [0, 0.05) is 14.2 Å². The van der Waals surface area contributed by atoms with Crippen molar-refractivity contribution in [2.24, 2.45) is 0 Å². The zero-order valence-corrected chi connectivity index (χ0v) is 19.4. The number of hydrogen-bond acceptors (Lipinski definition) is 4. The summed E-state index contributed by atoms with van der Waals surface area (Å²) in [6, 6.07) is 11.1. The molecule has 0 aromatic heterocycles. The molecule has 1 saturated heterocycles. The van der Waals surface area contributed by atoms with Crippen LogP contribution >= 0.6 is 68.5 Å². The molecule has 3 rings (SSSR count). The van der Waals surface area contributed by atoms with Crippen molar-refractivity contribution < 1.29 is 14.3 Å². The minimum absolute atomic E-state index is 0.155. The number of nitrogens with zero attached hydrogens (tertiary/aromatic N) is 1. The number of hydrogen-bond donors (Lipinski definition) is 0. The number of imide groups is 1. The third-order valence-corrected chi connectivity index (χ3v) is 6.39. The van der Waals surface area contributed by atoms with E-state index in [0.717, 1.165) is 30.0 Å². The van der Waals surface area contributed by atoms with E-state index in [-0.39, 0.29) is 17.7 Å². The molecule has 0 saturated carbocycles. The second-order valence-electron chi connectivity index (χ2n) is 5.37. The van der Waals surface area contributed by atoms with Crippen LogP contribution in [-0.2, 0) is 11.3 Å². The van der Waals surface area contributed by atoms with Gasteiger partial charge in [0.25, 0.3) is 11.1 Å². The van der Waals surface area contributed by atoms with E-state index in [0.29, 0.717) is 15.7 Å². The quantitative estimate of drug-likeness (QED) is 0.324. The van der Waals surface area contributed by atoms with E-state index in [4.69, 9.17) is 16.3 Å². The van der Waals surface area contributed by atoms with Crippen LogP contribution in [0, 0.1) is 7.14 Å². The summed E-state index contributed by atoms with van der Waals surface area (Å²) in [7, 11) is 1.59. The molecule has 2 aromatic rings. The Morgan fingerprint density at radius 2 is 1.96 bits per heavy atom. The molecule has 0 N–H and O–H groups in total. The smallest absolute Gasteiger partial charge is 0.293 e. The number of carbonyl (C=O) groups excluding carboxylic acids is 2. The van der Waals surface area contributed by atoms with Crippen LogP contribution < -0.4 is 4.74 Å². The molecule has 1 fully saturated rings. The Morgan fingerprint density at radius 3 is 2.65 bits per heavy atom. The summed E-state index contributed by atoms with van der Waals surface area (Å²) in [6.07, 6.45) is 1.71. The second kappa shape index (κ2) is 8.49. The van der Waals surface area contributed by atoms with Crippen molar-refractivity contribution in [1.82, 2.24) is 4.90 Å². The summed E-state index contributed by atoms with van der Waals surface area (Å²) in [5.41, 5.74) is 1.51. The van der Waals surface area contributed by atoms with Crippen LogP contribution in [0.4, 0.5) is 4.79 Å². The van der Waals surface area contributed by atoms with Crippen molar-refractivity contribution in [2.45, 2.75) is 6.54 Å². The van der Waals surface area contributed by atoms with Crippen LogP contribution in [0.2, 0.25) is 5.02 Å². The summed E-state index contributed by atoms with van der Waals surface area (Å²) in [5.74, 6) is 0.361. The van der Waals surface area contributed by atoms with Gasteiger partial charge in [-0.3, -0.25) is 14.5 Å². The van der Waals surface area contributed by atoms with Gasteiger partial charge >= 0.3 is 0 Å². The van der Waals surface area contributed by atoms with Crippen LogP contribution in [0.25, 0.3) is 6.08 Å². The molecule has 1 aliphatic rings. The fraction of sp³-hybridized carbons (Fsp3) is 0.111. The van der Waals surface area contributed by atoms with E-state index in [9.17, 15) is 9.59 Å². The van der Waals surface area contributed by atoms with E-state index < -0.39 is 0 Å². The Balaban J connectivity index is 1.92. The molecule has 0 aliphatic carbocycles. The van der Waals surface area contributed by atoms with E-state index in [1.54, 1.807) is 25.3 Å².